The SMILES string of the molecule is Cc1cc(C)cc(C[C@H](C(=O)Nc2ccc(OC(F)(F)F)cc2)[C@H](C)C(=O)[O-])c1. The molecule has 2 aromatic rings. The van der Waals surface area contributed by atoms with Crippen LogP contribution in [0.5, 0.6) is 5.75 Å². The first-order chi connectivity index (χ1) is 13.4. The molecular formula is C21H21F3NO4-. The molecule has 156 valence electrons. The molecule has 2 rings (SSSR count). The van der Waals surface area contributed by atoms with Crippen LogP contribution in [0.2, 0.25) is 0 Å². The third kappa shape index (κ3) is 6.81. The lowest BCUT2D eigenvalue weighted by Gasteiger charge is -2.24. The van der Waals surface area contributed by atoms with Gasteiger partial charge in [0.05, 0.1) is 5.92 Å². The molecule has 8 heteroatoms. The number of amides is 1. The van der Waals surface area contributed by atoms with Gasteiger partial charge in [0.15, 0.2) is 0 Å². The molecule has 0 bridgehead atoms. The van der Waals surface area contributed by atoms with Crippen LogP contribution < -0.4 is 15.2 Å². The molecule has 1 amide bonds. The van der Waals surface area contributed by atoms with Gasteiger partial charge in [-0.15, -0.1) is 13.2 Å². The Morgan fingerprint density at radius 2 is 1.62 bits per heavy atom. The van der Waals surface area contributed by atoms with Gasteiger partial charge in [0.1, 0.15) is 5.75 Å². The average molecular weight is 408 g/mol. The minimum atomic E-state index is -4.81. The second-order valence-electron chi connectivity index (χ2n) is 6.98. The van der Waals surface area contributed by atoms with E-state index in [2.05, 4.69) is 10.1 Å². The molecule has 0 radical (unpaired) electrons. The van der Waals surface area contributed by atoms with Crippen LogP contribution >= 0.6 is 0 Å². The first-order valence-corrected chi connectivity index (χ1v) is 8.89. The molecule has 1 N–H and O–H groups in total. The Kier molecular flexibility index (Phi) is 6.89. The number of aliphatic carboxylic acids is 1. The predicted molar refractivity (Wildman–Crippen MR) is 99.0 cm³/mol. The molecule has 5 nitrogen and oxygen atoms in total. The zero-order valence-corrected chi connectivity index (χ0v) is 16.2. The molecule has 0 unspecified atom stereocenters. The molecule has 0 heterocycles. The minimum Gasteiger partial charge on any atom is -0.550 e. The number of alkyl halides is 3. The van der Waals surface area contributed by atoms with E-state index in [0.29, 0.717) is 0 Å². The van der Waals surface area contributed by atoms with E-state index in [9.17, 15) is 27.9 Å². The summed E-state index contributed by atoms with van der Waals surface area (Å²) < 4.78 is 40.5. The van der Waals surface area contributed by atoms with E-state index in [-0.39, 0.29) is 12.1 Å². The summed E-state index contributed by atoms with van der Waals surface area (Å²) in [6, 6.07) is 10.3. The summed E-state index contributed by atoms with van der Waals surface area (Å²) in [5.41, 5.74) is 3.01. The first kappa shape index (κ1) is 22.3. The number of carboxylic acids is 1. The summed E-state index contributed by atoms with van der Waals surface area (Å²) in [7, 11) is 0. The van der Waals surface area contributed by atoms with Crippen LogP contribution in [0.25, 0.3) is 0 Å². The van der Waals surface area contributed by atoms with Gasteiger partial charge < -0.3 is 20.0 Å². The van der Waals surface area contributed by atoms with E-state index in [1.807, 2.05) is 32.0 Å². The average Bonchev–Trinajstić information content (AvgIpc) is 2.58. The standard InChI is InChI=1S/C21H22F3NO4/c1-12-8-13(2)10-15(9-12)11-18(14(3)20(27)28)19(26)25-16-4-6-17(7-5-16)29-21(22,23)24/h4-10,14,18H,11H2,1-3H3,(H,25,26)(H,27,28)/p-1/t14-,18-/m0/s1. The highest BCUT2D eigenvalue weighted by Gasteiger charge is 2.31. The van der Waals surface area contributed by atoms with E-state index >= 15 is 0 Å². The van der Waals surface area contributed by atoms with Crippen LogP contribution in [0, 0.1) is 25.7 Å². The predicted octanol–water partition coefficient (Wildman–Crippen LogP) is 3.39. The highest BCUT2D eigenvalue weighted by Crippen LogP contribution is 2.25. The summed E-state index contributed by atoms with van der Waals surface area (Å²) in [4.78, 5) is 24.1. The van der Waals surface area contributed by atoms with Gasteiger partial charge in [-0.3, -0.25) is 4.79 Å². The topological polar surface area (TPSA) is 78.5 Å². The molecule has 0 aliphatic rings. The van der Waals surface area contributed by atoms with Crippen molar-refractivity contribution in [2.45, 2.75) is 33.6 Å². The highest BCUT2D eigenvalue weighted by atomic mass is 19.4. The number of rotatable bonds is 7. The molecule has 0 aliphatic carbocycles. The molecular weight excluding hydrogens is 387 g/mol. The number of nitrogens with one attached hydrogen (secondary N) is 1. The van der Waals surface area contributed by atoms with Crippen molar-refractivity contribution in [1.82, 2.24) is 0 Å². The number of anilines is 1. The molecule has 0 saturated carbocycles. The van der Waals surface area contributed by atoms with E-state index < -0.39 is 35.8 Å². The van der Waals surface area contributed by atoms with Crippen LogP contribution in [0.15, 0.2) is 42.5 Å². The van der Waals surface area contributed by atoms with E-state index in [1.165, 1.54) is 19.1 Å². The number of carboxylic acid groups (broad SMARTS) is 1. The Bertz CT molecular complexity index is 858. The number of aryl methyl sites for hydroxylation is 2. The largest absolute Gasteiger partial charge is 0.573 e. The van der Waals surface area contributed by atoms with Crippen molar-refractivity contribution in [3.8, 4) is 5.75 Å². The second-order valence-corrected chi connectivity index (χ2v) is 6.98. The van der Waals surface area contributed by atoms with Crippen LogP contribution in [0.3, 0.4) is 0 Å². The van der Waals surface area contributed by atoms with Crippen LogP contribution in [-0.4, -0.2) is 18.2 Å². The summed E-state index contributed by atoms with van der Waals surface area (Å²) in [5.74, 6) is -4.34. The van der Waals surface area contributed by atoms with Crippen molar-refractivity contribution in [1.29, 1.82) is 0 Å². The molecule has 2 aromatic carbocycles. The Morgan fingerprint density at radius 3 is 2.10 bits per heavy atom. The van der Waals surface area contributed by atoms with Crippen molar-refractivity contribution in [3.63, 3.8) is 0 Å². The number of hydrogen-bond acceptors (Lipinski definition) is 4. The van der Waals surface area contributed by atoms with Gasteiger partial charge in [-0.2, -0.15) is 0 Å². The van der Waals surface area contributed by atoms with E-state index in [4.69, 9.17) is 0 Å². The summed E-state index contributed by atoms with van der Waals surface area (Å²) >= 11 is 0. The monoisotopic (exact) mass is 408 g/mol. The smallest absolute Gasteiger partial charge is 0.550 e. The van der Waals surface area contributed by atoms with Crippen LogP contribution in [0.1, 0.15) is 23.6 Å². The lowest BCUT2D eigenvalue weighted by atomic mass is 9.86. The number of benzene rings is 2. The zero-order valence-electron chi connectivity index (χ0n) is 16.2. The Morgan fingerprint density at radius 1 is 1.07 bits per heavy atom. The van der Waals surface area contributed by atoms with E-state index in [0.717, 1.165) is 28.8 Å². The maximum Gasteiger partial charge on any atom is 0.573 e. The van der Waals surface area contributed by atoms with Gasteiger partial charge in [0.2, 0.25) is 5.91 Å². The second kappa shape index (κ2) is 8.98. The molecule has 0 spiro atoms. The minimum absolute atomic E-state index is 0.179. The Labute approximate surface area is 166 Å². The van der Waals surface area contributed by atoms with Gasteiger partial charge in [-0.05, 0) is 50.1 Å². The van der Waals surface area contributed by atoms with Crippen molar-refractivity contribution < 1.29 is 32.6 Å². The number of carbonyl (C=O) groups is 2. The Balaban J connectivity index is 2.18. The quantitative estimate of drug-likeness (QED) is 0.762. The third-order valence-electron chi connectivity index (χ3n) is 4.40. The fourth-order valence-electron chi connectivity index (χ4n) is 3.08. The van der Waals surface area contributed by atoms with Gasteiger partial charge in [0.25, 0.3) is 0 Å². The van der Waals surface area contributed by atoms with Gasteiger partial charge in [-0.1, -0.05) is 36.2 Å². The number of ether oxygens (including phenoxy) is 1. The van der Waals surface area contributed by atoms with E-state index in [1.54, 1.807) is 0 Å². The summed E-state index contributed by atoms with van der Waals surface area (Å²) in [6.45, 7) is 5.19. The van der Waals surface area contributed by atoms with Crippen molar-refractivity contribution in [2.75, 3.05) is 5.32 Å². The maximum atomic E-state index is 12.7. The third-order valence-corrected chi connectivity index (χ3v) is 4.40. The highest BCUT2D eigenvalue weighted by molar-refractivity contribution is 5.95. The molecule has 0 saturated heterocycles. The lowest BCUT2D eigenvalue weighted by Crippen LogP contribution is -2.40. The van der Waals surface area contributed by atoms with Crippen LogP contribution in [-0.2, 0) is 16.0 Å². The number of hydrogen-bond donors (Lipinski definition) is 1. The first-order valence-electron chi connectivity index (χ1n) is 8.89. The van der Waals surface area contributed by atoms with Gasteiger partial charge in [-0.25, -0.2) is 0 Å². The maximum absolute atomic E-state index is 12.7. The lowest BCUT2D eigenvalue weighted by molar-refractivity contribution is -0.312. The van der Waals surface area contributed by atoms with Crippen molar-refractivity contribution >= 4 is 17.6 Å². The fourth-order valence-corrected chi connectivity index (χ4v) is 3.08. The molecule has 0 aliphatic heterocycles. The molecule has 0 aromatic heterocycles. The molecule has 29 heavy (non-hydrogen) atoms. The van der Waals surface area contributed by atoms with Crippen LogP contribution in [0.4, 0.5) is 18.9 Å². The zero-order chi connectivity index (χ0) is 21.8. The van der Waals surface area contributed by atoms with Gasteiger partial charge in [0, 0.05) is 17.6 Å². The fraction of sp³-hybridized carbons (Fsp3) is 0.333. The summed E-state index contributed by atoms with van der Waals surface area (Å²) in [6.07, 6.45) is -4.63. The number of halogens is 3. The molecule has 2 atom stereocenters. The van der Waals surface area contributed by atoms with Crippen molar-refractivity contribution in [2.24, 2.45) is 11.8 Å². The molecule has 0 fully saturated rings. The normalized spacial score (nSPS) is 13.4. The summed E-state index contributed by atoms with van der Waals surface area (Å²) in [5, 5.41) is 13.9. The van der Waals surface area contributed by atoms with Gasteiger partial charge >= 0.3 is 6.36 Å². The number of carbonyl (C=O) groups excluding carboxylic acids is 2. The van der Waals surface area contributed by atoms with Crippen molar-refractivity contribution in [3.05, 3.63) is 59.2 Å². The Hall–Kier alpha value is -3.03.